The van der Waals surface area contributed by atoms with Crippen LogP contribution in [0.1, 0.15) is 0 Å². The molecular weight excluding hydrogens is 703 g/mol. The van der Waals surface area contributed by atoms with E-state index in [0.29, 0.717) is 17.6 Å². The van der Waals surface area contributed by atoms with Crippen LogP contribution in [-0.2, 0) is 0 Å². The molecule has 0 aliphatic carbocycles. The van der Waals surface area contributed by atoms with Gasteiger partial charge in [-0.2, -0.15) is 9.97 Å². The smallest absolute Gasteiger partial charge is 0.240 e. The Balaban J connectivity index is 1.18. The van der Waals surface area contributed by atoms with Crippen LogP contribution < -0.4 is 0 Å². The van der Waals surface area contributed by atoms with E-state index in [4.69, 9.17) is 28.8 Å². The lowest BCUT2D eigenvalue weighted by molar-refractivity contribution is 0.669. The summed E-state index contributed by atoms with van der Waals surface area (Å²) in [5, 5.41) is 5.95. The molecule has 7 aromatic carbocycles. The van der Waals surface area contributed by atoms with Gasteiger partial charge in [0.1, 0.15) is 28.0 Å². The molecule has 5 aromatic heterocycles. The van der Waals surface area contributed by atoms with E-state index in [9.17, 15) is 0 Å². The average Bonchev–Trinajstić information content (AvgIpc) is 3.96. The largest absolute Gasteiger partial charge is 0.456 e. The van der Waals surface area contributed by atoms with Crippen molar-refractivity contribution in [2.24, 2.45) is 0 Å². The van der Waals surface area contributed by atoms with Crippen LogP contribution in [0.4, 0.5) is 0 Å². The van der Waals surface area contributed by atoms with E-state index in [1.54, 1.807) is 0 Å². The van der Waals surface area contributed by atoms with Crippen molar-refractivity contribution in [2.75, 3.05) is 0 Å². The second kappa shape index (κ2) is 12.3. The van der Waals surface area contributed by atoms with Gasteiger partial charge in [0.25, 0.3) is 0 Å². The first-order valence-electron chi connectivity index (χ1n) is 18.9. The lowest BCUT2D eigenvalue weighted by atomic mass is 9.96. The summed E-state index contributed by atoms with van der Waals surface area (Å²) in [6, 6.07) is 58.0. The highest BCUT2D eigenvalue weighted by Crippen LogP contribution is 2.41. The fraction of sp³-hybridized carbons (Fsp3) is 0. The molecule has 0 saturated carbocycles. The zero-order chi connectivity index (χ0) is 37.5. The van der Waals surface area contributed by atoms with Gasteiger partial charge in [-0.15, -0.1) is 0 Å². The molecule has 12 aromatic rings. The SMILES string of the molecule is c1ccc(-c2cc(-c3ccccc3)cc(-c3nc(-c4cccc5oc6ccccc6c45)nc(-n4c5ccc6c7ccccc7oc6c5c5cccnc54)n3)c2)cc1. The van der Waals surface area contributed by atoms with Crippen molar-refractivity contribution in [3.8, 4) is 51.0 Å². The molecule has 0 radical (unpaired) electrons. The van der Waals surface area contributed by atoms with Crippen LogP contribution in [-0.4, -0.2) is 24.5 Å². The Morgan fingerprint density at radius 3 is 1.81 bits per heavy atom. The third-order valence-electron chi connectivity index (χ3n) is 10.9. The minimum Gasteiger partial charge on any atom is -0.456 e. The normalized spacial score (nSPS) is 11.9. The van der Waals surface area contributed by atoms with E-state index >= 15 is 0 Å². The molecule has 0 aliphatic heterocycles. The molecular formula is C50H29N5O2. The van der Waals surface area contributed by atoms with Gasteiger partial charge < -0.3 is 8.83 Å². The van der Waals surface area contributed by atoms with Gasteiger partial charge in [-0.1, -0.05) is 109 Å². The number of hydrogen-bond acceptors (Lipinski definition) is 6. The highest BCUT2D eigenvalue weighted by molar-refractivity contribution is 6.23. The summed E-state index contributed by atoms with van der Waals surface area (Å²) in [6.07, 6.45) is 1.81. The Morgan fingerprint density at radius 2 is 1.04 bits per heavy atom. The van der Waals surface area contributed by atoms with Crippen LogP contribution in [0.2, 0.25) is 0 Å². The molecule has 0 bridgehead atoms. The molecule has 57 heavy (non-hydrogen) atoms. The fourth-order valence-electron chi connectivity index (χ4n) is 8.34. The van der Waals surface area contributed by atoms with E-state index in [0.717, 1.165) is 99.2 Å². The zero-order valence-corrected chi connectivity index (χ0v) is 30.3. The van der Waals surface area contributed by atoms with Crippen LogP contribution in [0.3, 0.4) is 0 Å². The van der Waals surface area contributed by atoms with Gasteiger partial charge in [0, 0.05) is 44.3 Å². The van der Waals surface area contributed by atoms with Crippen LogP contribution in [0.15, 0.2) is 185 Å². The summed E-state index contributed by atoms with van der Waals surface area (Å²) in [5.41, 5.74) is 10.8. The maximum Gasteiger partial charge on any atom is 0.240 e. The van der Waals surface area contributed by atoms with Crippen molar-refractivity contribution < 1.29 is 8.83 Å². The summed E-state index contributed by atoms with van der Waals surface area (Å²) in [5.74, 6) is 1.50. The second-order valence-electron chi connectivity index (χ2n) is 14.2. The highest BCUT2D eigenvalue weighted by Gasteiger charge is 2.24. The molecule has 0 spiro atoms. The van der Waals surface area contributed by atoms with Crippen LogP contribution >= 0.6 is 0 Å². The quantitative estimate of drug-likeness (QED) is 0.175. The summed E-state index contributed by atoms with van der Waals surface area (Å²) < 4.78 is 15.0. The van der Waals surface area contributed by atoms with Crippen LogP contribution in [0.5, 0.6) is 0 Å². The Kier molecular flexibility index (Phi) is 6.79. The van der Waals surface area contributed by atoms with Crippen molar-refractivity contribution in [2.45, 2.75) is 0 Å². The van der Waals surface area contributed by atoms with Crippen LogP contribution in [0.25, 0.3) is 117 Å². The minimum absolute atomic E-state index is 0.445. The third kappa shape index (κ3) is 4.92. The predicted octanol–water partition coefficient (Wildman–Crippen LogP) is 12.8. The summed E-state index contributed by atoms with van der Waals surface area (Å²) in [7, 11) is 0. The predicted molar refractivity (Wildman–Crippen MR) is 228 cm³/mol. The fourth-order valence-corrected chi connectivity index (χ4v) is 8.34. The number of furan rings is 2. The van der Waals surface area contributed by atoms with Crippen molar-refractivity contribution in [1.82, 2.24) is 24.5 Å². The Hall–Kier alpha value is -7.90. The molecule has 0 aliphatic rings. The van der Waals surface area contributed by atoms with Gasteiger partial charge >= 0.3 is 0 Å². The molecule has 7 heteroatoms. The Morgan fingerprint density at radius 1 is 0.404 bits per heavy atom. The van der Waals surface area contributed by atoms with E-state index < -0.39 is 0 Å². The molecule has 5 heterocycles. The Labute approximate surface area is 325 Å². The van der Waals surface area contributed by atoms with Gasteiger partial charge in [-0.05, 0) is 82.9 Å². The van der Waals surface area contributed by atoms with Crippen molar-refractivity contribution in [3.05, 3.63) is 176 Å². The number of benzene rings is 7. The first kappa shape index (κ1) is 31.5. The number of hydrogen-bond donors (Lipinski definition) is 0. The molecule has 12 rings (SSSR count). The number of fused-ring (bicyclic) bond motifs is 10. The highest BCUT2D eigenvalue weighted by atomic mass is 16.3. The zero-order valence-electron chi connectivity index (χ0n) is 30.3. The number of rotatable bonds is 5. The van der Waals surface area contributed by atoms with E-state index in [1.807, 2.05) is 77.5 Å². The monoisotopic (exact) mass is 731 g/mol. The molecule has 7 nitrogen and oxygen atoms in total. The minimum atomic E-state index is 0.445. The lowest BCUT2D eigenvalue weighted by Crippen LogP contribution is -2.07. The van der Waals surface area contributed by atoms with Gasteiger partial charge in [0.05, 0.1) is 10.9 Å². The average molecular weight is 732 g/mol. The molecule has 0 saturated heterocycles. The molecule has 0 amide bonds. The number of nitrogens with zero attached hydrogens (tertiary/aromatic N) is 5. The summed E-state index contributed by atoms with van der Waals surface area (Å²) >= 11 is 0. The third-order valence-corrected chi connectivity index (χ3v) is 10.9. The van der Waals surface area contributed by atoms with E-state index in [2.05, 4.69) is 103 Å². The van der Waals surface area contributed by atoms with Crippen molar-refractivity contribution >= 4 is 65.8 Å². The standard InChI is InChI=1S/C50H29N5O2/c1-3-13-30(14-4-1)32-27-33(31-15-5-2-6-16-31)29-34(28-32)47-52-48(38-19-11-23-43-44(38)37-18-8-10-22-42(37)56-43)54-50(53-47)55-40-25-24-36-35-17-7-9-21-41(35)57-46(36)45(40)39-20-12-26-51-49(39)55/h1-29H. The Bertz CT molecular complexity index is 3470. The molecule has 0 unspecified atom stereocenters. The maximum absolute atomic E-state index is 6.60. The van der Waals surface area contributed by atoms with Gasteiger partial charge in [-0.3, -0.25) is 4.57 Å². The number of pyridine rings is 1. The lowest BCUT2D eigenvalue weighted by Gasteiger charge is -2.13. The van der Waals surface area contributed by atoms with Crippen LogP contribution in [0, 0.1) is 0 Å². The first-order chi connectivity index (χ1) is 28.2. The maximum atomic E-state index is 6.60. The van der Waals surface area contributed by atoms with Crippen molar-refractivity contribution in [3.63, 3.8) is 0 Å². The molecule has 0 N–H and O–H groups in total. The van der Waals surface area contributed by atoms with Gasteiger partial charge in [-0.25, -0.2) is 9.97 Å². The number of aromatic nitrogens is 5. The van der Waals surface area contributed by atoms with Gasteiger partial charge in [0.15, 0.2) is 11.6 Å². The van der Waals surface area contributed by atoms with Gasteiger partial charge in [0.2, 0.25) is 5.95 Å². The summed E-state index contributed by atoms with van der Waals surface area (Å²) in [4.78, 5) is 20.9. The first-order valence-corrected chi connectivity index (χ1v) is 18.9. The molecule has 0 atom stereocenters. The second-order valence-corrected chi connectivity index (χ2v) is 14.2. The van der Waals surface area contributed by atoms with E-state index in [-0.39, 0.29) is 0 Å². The van der Waals surface area contributed by atoms with Crippen molar-refractivity contribution in [1.29, 1.82) is 0 Å². The summed E-state index contributed by atoms with van der Waals surface area (Å²) in [6.45, 7) is 0. The topological polar surface area (TPSA) is 82.8 Å². The van der Waals surface area contributed by atoms with E-state index in [1.165, 1.54) is 0 Å². The number of para-hydroxylation sites is 2. The molecule has 266 valence electrons. The molecule has 0 fully saturated rings.